The highest BCUT2D eigenvalue weighted by atomic mass is 35.5. The van der Waals surface area contributed by atoms with Crippen LogP contribution in [0.3, 0.4) is 0 Å². The van der Waals surface area contributed by atoms with Crippen LogP contribution >= 0.6 is 11.6 Å². The maximum Gasteiger partial charge on any atom is 0.408 e. The molecule has 1 aliphatic heterocycles. The summed E-state index contributed by atoms with van der Waals surface area (Å²) in [5.41, 5.74) is 0.677. The van der Waals surface area contributed by atoms with E-state index in [9.17, 15) is 19.5 Å². The van der Waals surface area contributed by atoms with Gasteiger partial charge < -0.3 is 24.6 Å². The van der Waals surface area contributed by atoms with Gasteiger partial charge in [-0.2, -0.15) is 0 Å². The number of alkyl carbamates (subject to hydrolysis) is 1. The number of anilines is 1. The molecule has 0 aliphatic carbocycles. The van der Waals surface area contributed by atoms with Crippen molar-refractivity contribution >= 4 is 29.4 Å². The fourth-order valence-corrected chi connectivity index (χ4v) is 5.87. The minimum absolute atomic E-state index is 0.0839. The third-order valence-electron chi connectivity index (χ3n) is 7.67. The smallest absolute Gasteiger partial charge is 0.408 e. The normalized spacial score (nSPS) is 16.6. The van der Waals surface area contributed by atoms with Crippen LogP contribution in [0.25, 0.3) is 27.9 Å². The number of rotatable bonds is 7. The monoisotopic (exact) mass is 635 g/mol. The van der Waals surface area contributed by atoms with Gasteiger partial charge in [-0.3, -0.25) is 14.3 Å². The summed E-state index contributed by atoms with van der Waals surface area (Å²) < 4.78 is 24.2. The lowest BCUT2D eigenvalue weighted by atomic mass is 9.88. The van der Waals surface area contributed by atoms with Gasteiger partial charge in [-0.25, -0.2) is 14.0 Å². The summed E-state index contributed by atoms with van der Waals surface area (Å²) >= 11 is 6.27. The van der Waals surface area contributed by atoms with Crippen molar-refractivity contribution < 1.29 is 23.8 Å². The van der Waals surface area contributed by atoms with E-state index in [1.54, 1.807) is 64.3 Å². The predicted molar refractivity (Wildman–Crippen MR) is 171 cm³/mol. The Bertz CT molecular complexity index is 1850. The second-order valence-corrected chi connectivity index (χ2v) is 13.0. The number of pyridine rings is 1. The Morgan fingerprint density at radius 3 is 2.56 bits per heavy atom. The van der Waals surface area contributed by atoms with Gasteiger partial charge in [0.25, 0.3) is 0 Å². The molecule has 1 amide bonds. The first-order valence-corrected chi connectivity index (χ1v) is 14.8. The maximum atomic E-state index is 16.3. The van der Waals surface area contributed by atoms with E-state index >= 15 is 4.39 Å². The zero-order chi connectivity index (χ0) is 32.7. The van der Waals surface area contributed by atoms with Gasteiger partial charge in [0.05, 0.1) is 29.5 Å². The Hall–Kier alpha value is -4.64. The van der Waals surface area contributed by atoms with Gasteiger partial charge in [-0.1, -0.05) is 23.7 Å². The maximum absolute atomic E-state index is 16.3. The number of aromatic nitrogens is 3. The SMILES string of the molecule is Cn1ccn(-c2c(F)cc(-c3cccc(Cl)c3)c(CC(=O)O)c2-c2cncc(N3CC[C@](C)(NC(=O)OC(C)(C)C)C3)c2)c1=O. The quantitative estimate of drug-likeness (QED) is 0.263. The average molecular weight is 636 g/mol. The van der Waals surface area contributed by atoms with E-state index in [4.69, 9.17) is 16.3 Å². The van der Waals surface area contributed by atoms with Gasteiger partial charge in [0, 0.05) is 54.9 Å². The molecule has 0 spiro atoms. The molecule has 0 unspecified atom stereocenters. The van der Waals surface area contributed by atoms with Crippen molar-refractivity contribution in [2.75, 3.05) is 18.0 Å². The number of carboxylic acids is 1. The molecular weight excluding hydrogens is 601 g/mol. The Morgan fingerprint density at radius 1 is 1.16 bits per heavy atom. The molecule has 1 fully saturated rings. The first-order valence-electron chi connectivity index (χ1n) is 14.4. The van der Waals surface area contributed by atoms with Gasteiger partial charge in [-0.15, -0.1) is 0 Å². The number of halogens is 2. The van der Waals surface area contributed by atoms with E-state index in [0.29, 0.717) is 52.5 Å². The second kappa shape index (κ2) is 12.0. The van der Waals surface area contributed by atoms with Gasteiger partial charge in [-0.05, 0) is 75.1 Å². The number of imidazole rings is 1. The van der Waals surface area contributed by atoms with Crippen LogP contribution in [0.2, 0.25) is 5.02 Å². The van der Waals surface area contributed by atoms with Crippen LogP contribution in [0.1, 0.15) is 39.7 Å². The van der Waals surface area contributed by atoms with Crippen LogP contribution in [-0.2, 0) is 23.0 Å². The van der Waals surface area contributed by atoms with E-state index in [2.05, 4.69) is 10.3 Å². The third kappa shape index (κ3) is 6.88. The predicted octanol–water partition coefficient (Wildman–Crippen LogP) is 5.82. The Labute approximate surface area is 265 Å². The number of aryl methyl sites for hydroxylation is 1. The summed E-state index contributed by atoms with van der Waals surface area (Å²) in [6.07, 6.45) is 5.79. The summed E-state index contributed by atoms with van der Waals surface area (Å²) in [6, 6.07) is 9.78. The second-order valence-electron chi connectivity index (χ2n) is 12.5. The molecule has 1 atom stereocenters. The molecule has 1 aliphatic rings. The van der Waals surface area contributed by atoms with Crippen LogP contribution in [0.15, 0.2) is 66.0 Å². The van der Waals surface area contributed by atoms with Crippen LogP contribution in [0.4, 0.5) is 14.9 Å². The largest absolute Gasteiger partial charge is 0.481 e. The van der Waals surface area contributed by atoms with E-state index in [1.165, 1.54) is 33.8 Å². The van der Waals surface area contributed by atoms with Crippen molar-refractivity contribution in [2.45, 2.75) is 51.7 Å². The van der Waals surface area contributed by atoms with Crippen molar-refractivity contribution in [3.8, 4) is 27.9 Å². The van der Waals surface area contributed by atoms with Gasteiger partial charge in [0.2, 0.25) is 0 Å². The molecule has 10 nitrogen and oxygen atoms in total. The molecule has 4 aromatic rings. The summed E-state index contributed by atoms with van der Waals surface area (Å²) in [5.74, 6) is -1.85. The van der Waals surface area contributed by atoms with Crippen LogP contribution in [-0.4, -0.2) is 55.5 Å². The summed E-state index contributed by atoms with van der Waals surface area (Å²) in [7, 11) is 1.55. The summed E-state index contributed by atoms with van der Waals surface area (Å²) in [4.78, 5) is 44.4. The average Bonchev–Trinajstić information content (AvgIpc) is 3.49. The number of nitrogens with zero attached hydrogens (tertiary/aromatic N) is 4. The van der Waals surface area contributed by atoms with Crippen LogP contribution in [0, 0.1) is 5.82 Å². The number of ether oxygens (including phenoxy) is 1. The fourth-order valence-electron chi connectivity index (χ4n) is 5.68. The van der Waals surface area contributed by atoms with E-state index in [1.807, 2.05) is 11.8 Å². The van der Waals surface area contributed by atoms with Gasteiger partial charge >= 0.3 is 17.8 Å². The topological polar surface area (TPSA) is 119 Å². The Balaban J connectivity index is 1.65. The number of hydrogen-bond acceptors (Lipinski definition) is 6. The zero-order valence-electron chi connectivity index (χ0n) is 25.7. The molecule has 12 heteroatoms. The van der Waals surface area contributed by atoms with Crippen molar-refractivity contribution in [2.24, 2.45) is 7.05 Å². The molecule has 0 bridgehead atoms. The number of nitrogens with one attached hydrogen (secondary N) is 1. The lowest BCUT2D eigenvalue weighted by Gasteiger charge is -2.29. The fraction of sp³-hybridized carbons (Fsp3) is 0.333. The first-order chi connectivity index (χ1) is 21.1. The number of amides is 1. The molecule has 0 radical (unpaired) electrons. The van der Waals surface area contributed by atoms with Gasteiger partial charge in [0.1, 0.15) is 11.4 Å². The lowest BCUT2D eigenvalue weighted by Crippen LogP contribution is -2.49. The first kappa shape index (κ1) is 31.8. The van der Waals surface area contributed by atoms with Crippen LogP contribution in [0.5, 0.6) is 0 Å². The minimum atomic E-state index is -1.13. The molecule has 45 heavy (non-hydrogen) atoms. The number of carbonyl (C=O) groups is 2. The van der Waals surface area contributed by atoms with Crippen molar-refractivity contribution in [3.05, 3.63) is 88.1 Å². The molecule has 1 saturated heterocycles. The van der Waals surface area contributed by atoms with Crippen LogP contribution < -0.4 is 15.9 Å². The van der Waals surface area contributed by atoms with Gasteiger partial charge in [0.15, 0.2) is 0 Å². The Morgan fingerprint density at radius 2 is 1.91 bits per heavy atom. The van der Waals surface area contributed by atoms with Crippen molar-refractivity contribution in [1.29, 1.82) is 0 Å². The molecule has 0 saturated carbocycles. The summed E-state index contributed by atoms with van der Waals surface area (Å²) in [6.45, 7) is 8.36. The van der Waals surface area contributed by atoms with E-state index < -0.39 is 41.1 Å². The molecule has 236 valence electrons. The highest BCUT2D eigenvalue weighted by Crippen LogP contribution is 2.41. The molecule has 3 heterocycles. The van der Waals surface area contributed by atoms with E-state index in [-0.39, 0.29) is 11.3 Å². The highest BCUT2D eigenvalue weighted by Gasteiger charge is 2.37. The number of aliphatic carboxylic acids is 1. The highest BCUT2D eigenvalue weighted by molar-refractivity contribution is 6.30. The molecule has 2 aromatic carbocycles. The Kier molecular flexibility index (Phi) is 8.50. The molecular formula is C33H35ClFN5O5. The number of benzene rings is 2. The number of hydrogen-bond donors (Lipinski definition) is 2. The minimum Gasteiger partial charge on any atom is -0.481 e. The van der Waals surface area contributed by atoms with Crippen molar-refractivity contribution in [3.63, 3.8) is 0 Å². The standard InChI is InChI=1S/C33H35ClFN5O5/c1-32(2,3)45-30(43)37-33(4)9-10-39(19-33)23-14-21(17-36-18-23)28-25(16-27(41)42)24(20-7-6-8-22(34)13-20)15-26(35)29(28)40-12-11-38(5)31(40)44/h6-8,11-15,17-18H,9-10,16,19H2,1-5H3,(H,37,43)(H,41,42)/t33-/m0/s1. The van der Waals surface area contributed by atoms with E-state index in [0.717, 1.165) is 0 Å². The zero-order valence-corrected chi connectivity index (χ0v) is 26.5. The molecule has 2 aromatic heterocycles. The van der Waals surface area contributed by atoms with Crippen molar-refractivity contribution in [1.82, 2.24) is 19.4 Å². The summed E-state index contributed by atoms with van der Waals surface area (Å²) in [5, 5.41) is 13.4. The lowest BCUT2D eigenvalue weighted by molar-refractivity contribution is -0.136. The third-order valence-corrected chi connectivity index (χ3v) is 7.90. The number of carbonyl (C=O) groups excluding carboxylic acids is 1. The molecule has 2 N–H and O–H groups in total. The number of carboxylic acid groups (broad SMARTS) is 1. The molecule has 5 rings (SSSR count).